The van der Waals surface area contributed by atoms with Crippen molar-refractivity contribution in [3.8, 4) is 0 Å². The van der Waals surface area contributed by atoms with Gasteiger partial charge in [0.25, 0.3) is 5.92 Å². The first-order chi connectivity index (χ1) is 9.62. The zero-order chi connectivity index (χ0) is 14.0. The van der Waals surface area contributed by atoms with E-state index < -0.39 is 5.92 Å². The maximum Gasteiger partial charge on any atom is 0.272 e. The Morgan fingerprint density at radius 3 is 2.30 bits per heavy atom. The van der Waals surface area contributed by atoms with Crippen LogP contribution in [0.2, 0.25) is 0 Å². The van der Waals surface area contributed by atoms with Crippen LogP contribution in [0, 0.1) is 0 Å². The highest BCUT2D eigenvalue weighted by molar-refractivity contribution is 5.13. The SMILES string of the molecule is FC1(F)CN(C2CCC(OCc3ccccc3)CC2)C1. The van der Waals surface area contributed by atoms with Crippen molar-refractivity contribution in [2.24, 2.45) is 0 Å². The molecule has 3 rings (SSSR count). The fourth-order valence-electron chi connectivity index (χ4n) is 3.17. The van der Waals surface area contributed by atoms with Crippen molar-refractivity contribution in [2.75, 3.05) is 13.1 Å². The minimum absolute atomic E-state index is 0.0484. The molecule has 1 saturated carbocycles. The van der Waals surface area contributed by atoms with Gasteiger partial charge in [-0.2, -0.15) is 0 Å². The summed E-state index contributed by atoms with van der Waals surface area (Å²) in [7, 11) is 0. The average Bonchev–Trinajstić information content (AvgIpc) is 2.44. The van der Waals surface area contributed by atoms with E-state index in [1.165, 1.54) is 5.56 Å². The topological polar surface area (TPSA) is 12.5 Å². The fraction of sp³-hybridized carbons (Fsp3) is 0.625. The van der Waals surface area contributed by atoms with E-state index in [1.807, 2.05) is 23.1 Å². The third-order valence-corrected chi connectivity index (χ3v) is 4.36. The summed E-state index contributed by atoms with van der Waals surface area (Å²) in [6.45, 7) is 0.554. The highest BCUT2D eigenvalue weighted by Gasteiger charge is 2.46. The second-order valence-corrected chi connectivity index (χ2v) is 5.99. The summed E-state index contributed by atoms with van der Waals surface area (Å²) in [5, 5.41) is 0. The molecule has 1 aliphatic heterocycles. The van der Waals surface area contributed by atoms with Crippen LogP contribution in [0.1, 0.15) is 31.2 Å². The lowest BCUT2D eigenvalue weighted by molar-refractivity contribution is -0.153. The number of rotatable bonds is 4. The summed E-state index contributed by atoms with van der Waals surface area (Å²) in [6.07, 6.45) is 4.22. The minimum atomic E-state index is -2.44. The third-order valence-electron chi connectivity index (χ3n) is 4.36. The second kappa shape index (κ2) is 5.78. The number of ether oxygens (including phenoxy) is 1. The predicted octanol–water partition coefficient (Wildman–Crippen LogP) is 3.47. The number of likely N-dealkylation sites (tertiary alicyclic amines) is 1. The Balaban J connectivity index is 1.39. The lowest BCUT2D eigenvalue weighted by atomic mass is 9.89. The molecule has 1 aromatic rings. The van der Waals surface area contributed by atoms with Crippen molar-refractivity contribution in [3.63, 3.8) is 0 Å². The van der Waals surface area contributed by atoms with Gasteiger partial charge in [-0.25, -0.2) is 8.78 Å². The molecule has 0 aromatic heterocycles. The normalized spacial score (nSPS) is 29.9. The van der Waals surface area contributed by atoms with Crippen molar-refractivity contribution in [1.82, 2.24) is 4.90 Å². The maximum absolute atomic E-state index is 12.9. The number of benzene rings is 1. The van der Waals surface area contributed by atoms with Gasteiger partial charge in [-0.1, -0.05) is 30.3 Å². The van der Waals surface area contributed by atoms with Crippen molar-refractivity contribution in [1.29, 1.82) is 0 Å². The molecule has 0 amide bonds. The lowest BCUT2D eigenvalue weighted by Gasteiger charge is -2.46. The summed E-state index contributed by atoms with van der Waals surface area (Å²) < 4.78 is 31.6. The molecule has 0 spiro atoms. The van der Waals surface area contributed by atoms with Gasteiger partial charge in [-0.3, -0.25) is 4.90 Å². The van der Waals surface area contributed by atoms with E-state index in [4.69, 9.17) is 4.74 Å². The summed E-state index contributed by atoms with van der Waals surface area (Å²) in [5.41, 5.74) is 1.19. The zero-order valence-electron chi connectivity index (χ0n) is 11.6. The summed E-state index contributed by atoms with van der Waals surface area (Å²) in [4.78, 5) is 1.92. The molecule has 2 fully saturated rings. The number of halogens is 2. The van der Waals surface area contributed by atoms with Crippen molar-refractivity contribution >= 4 is 0 Å². The van der Waals surface area contributed by atoms with Gasteiger partial charge in [0.2, 0.25) is 0 Å². The van der Waals surface area contributed by atoms with E-state index in [2.05, 4.69) is 12.1 Å². The minimum Gasteiger partial charge on any atom is -0.374 e. The van der Waals surface area contributed by atoms with E-state index in [9.17, 15) is 8.78 Å². The zero-order valence-corrected chi connectivity index (χ0v) is 11.6. The molecule has 2 nitrogen and oxygen atoms in total. The molecular weight excluding hydrogens is 260 g/mol. The van der Waals surface area contributed by atoms with Crippen molar-refractivity contribution in [3.05, 3.63) is 35.9 Å². The van der Waals surface area contributed by atoms with Crippen LogP contribution in [0.25, 0.3) is 0 Å². The molecule has 1 heterocycles. The number of hydrogen-bond donors (Lipinski definition) is 0. The molecule has 4 heteroatoms. The molecule has 1 saturated heterocycles. The van der Waals surface area contributed by atoms with E-state index >= 15 is 0 Å². The van der Waals surface area contributed by atoms with Gasteiger partial charge in [0.05, 0.1) is 25.8 Å². The van der Waals surface area contributed by atoms with Gasteiger partial charge < -0.3 is 4.74 Å². The smallest absolute Gasteiger partial charge is 0.272 e. The quantitative estimate of drug-likeness (QED) is 0.838. The van der Waals surface area contributed by atoms with E-state index in [0.717, 1.165) is 25.7 Å². The molecule has 1 aromatic carbocycles. The molecule has 0 unspecified atom stereocenters. The largest absolute Gasteiger partial charge is 0.374 e. The summed E-state index contributed by atoms with van der Waals surface area (Å²) in [5.74, 6) is -2.44. The standard InChI is InChI=1S/C16H21F2NO/c17-16(18)11-19(12-16)14-6-8-15(9-7-14)20-10-13-4-2-1-3-5-13/h1-5,14-15H,6-12H2. The summed E-state index contributed by atoms with van der Waals surface area (Å²) >= 11 is 0. The Morgan fingerprint density at radius 1 is 1.05 bits per heavy atom. The third kappa shape index (κ3) is 3.36. The first kappa shape index (κ1) is 14.0. The van der Waals surface area contributed by atoms with Crippen LogP contribution >= 0.6 is 0 Å². The molecule has 2 aliphatic rings. The van der Waals surface area contributed by atoms with Gasteiger partial charge in [-0.05, 0) is 31.2 Å². The molecule has 0 radical (unpaired) electrons. The van der Waals surface area contributed by atoms with Crippen molar-refractivity contribution in [2.45, 2.75) is 50.4 Å². The van der Waals surface area contributed by atoms with Gasteiger partial charge in [0, 0.05) is 6.04 Å². The fourth-order valence-corrected chi connectivity index (χ4v) is 3.17. The Hall–Kier alpha value is -1.00. The number of nitrogens with zero attached hydrogens (tertiary/aromatic N) is 1. The highest BCUT2D eigenvalue weighted by atomic mass is 19.3. The van der Waals surface area contributed by atoms with Crippen LogP contribution in [0.5, 0.6) is 0 Å². The molecule has 0 bridgehead atoms. The van der Waals surface area contributed by atoms with Crippen LogP contribution < -0.4 is 0 Å². The molecule has 0 atom stereocenters. The lowest BCUT2D eigenvalue weighted by Crippen LogP contribution is -2.60. The molecule has 0 N–H and O–H groups in total. The van der Waals surface area contributed by atoms with Crippen molar-refractivity contribution < 1.29 is 13.5 Å². The van der Waals surface area contributed by atoms with Gasteiger partial charge in [0.1, 0.15) is 0 Å². The van der Waals surface area contributed by atoms with Crippen LogP contribution in [-0.2, 0) is 11.3 Å². The second-order valence-electron chi connectivity index (χ2n) is 5.99. The Morgan fingerprint density at radius 2 is 1.70 bits per heavy atom. The Bertz CT molecular complexity index is 421. The van der Waals surface area contributed by atoms with Gasteiger partial charge in [0.15, 0.2) is 0 Å². The van der Waals surface area contributed by atoms with Gasteiger partial charge in [-0.15, -0.1) is 0 Å². The van der Waals surface area contributed by atoms with Crippen LogP contribution in [0.3, 0.4) is 0 Å². The summed E-state index contributed by atoms with van der Waals surface area (Å²) in [6, 6.07) is 10.5. The Labute approximate surface area is 118 Å². The number of hydrogen-bond acceptors (Lipinski definition) is 2. The average molecular weight is 281 g/mol. The molecule has 110 valence electrons. The predicted molar refractivity (Wildman–Crippen MR) is 73.8 cm³/mol. The van der Waals surface area contributed by atoms with E-state index in [0.29, 0.717) is 12.6 Å². The van der Waals surface area contributed by atoms with E-state index in [-0.39, 0.29) is 19.2 Å². The van der Waals surface area contributed by atoms with Crippen LogP contribution in [-0.4, -0.2) is 36.1 Å². The number of alkyl halides is 2. The first-order valence-electron chi connectivity index (χ1n) is 7.40. The van der Waals surface area contributed by atoms with Gasteiger partial charge >= 0.3 is 0 Å². The first-order valence-corrected chi connectivity index (χ1v) is 7.40. The molecular formula is C16H21F2NO. The maximum atomic E-state index is 12.9. The van der Waals surface area contributed by atoms with Crippen LogP contribution in [0.15, 0.2) is 30.3 Å². The molecule has 20 heavy (non-hydrogen) atoms. The monoisotopic (exact) mass is 281 g/mol. The van der Waals surface area contributed by atoms with Crippen LogP contribution in [0.4, 0.5) is 8.78 Å². The Kier molecular flexibility index (Phi) is 4.03. The highest BCUT2D eigenvalue weighted by Crippen LogP contribution is 2.34. The molecule has 1 aliphatic carbocycles. The van der Waals surface area contributed by atoms with E-state index in [1.54, 1.807) is 0 Å².